The van der Waals surface area contributed by atoms with Gasteiger partial charge in [-0.05, 0) is 36.2 Å². The van der Waals surface area contributed by atoms with Crippen LogP contribution in [-0.2, 0) is 6.54 Å². The van der Waals surface area contributed by atoms with Gasteiger partial charge in [-0.2, -0.15) is 5.10 Å². The predicted octanol–water partition coefficient (Wildman–Crippen LogP) is 4.25. The third-order valence-electron chi connectivity index (χ3n) is 3.57. The van der Waals surface area contributed by atoms with Gasteiger partial charge in [0.15, 0.2) is 0 Å². The summed E-state index contributed by atoms with van der Waals surface area (Å²) in [5.74, 6) is -0.151. The van der Waals surface area contributed by atoms with Crippen molar-refractivity contribution in [1.29, 1.82) is 0 Å². The zero-order valence-electron chi connectivity index (χ0n) is 12.7. The minimum absolute atomic E-state index is 0.151. The van der Waals surface area contributed by atoms with Crippen LogP contribution in [0.4, 0.5) is 5.69 Å². The second-order valence-corrected chi connectivity index (χ2v) is 6.23. The number of aromatic nitrogens is 2. The summed E-state index contributed by atoms with van der Waals surface area (Å²) in [6.45, 7) is 2.76. The van der Waals surface area contributed by atoms with Gasteiger partial charge in [-0.1, -0.05) is 46.3 Å². The van der Waals surface area contributed by atoms with Crippen molar-refractivity contribution in [3.05, 3.63) is 82.1 Å². The fourth-order valence-electron chi connectivity index (χ4n) is 2.31. The summed E-state index contributed by atoms with van der Waals surface area (Å²) in [6.07, 6.45) is 3.50. The van der Waals surface area contributed by atoms with E-state index in [1.54, 1.807) is 18.3 Å². The van der Waals surface area contributed by atoms with E-state index >= 15 is 0 Å². The van der Waals surface area contributed by atoms with Crippen molar-refractivity contribution < 1.29 is 4.79 Å². The molecule has 5 heteroatoms. The van der Waals surface area contributed by atoms with Crippen LogP contribution in [0.5, 0.6) is 0 Å². The number of amides is 1. The monoisotopic (exact) mass is 369 g/mol. The molecule has 2 aromatic carbocycles. The Morgan fingerprint density at radius 1 is 1.22 bits per heavy atom. The van der Waals surface area contributed by atoms with E-state index in [1.165, 1.54) is 11.1 Å². The van der Waals surface area contributed by atoms with Gasteiger partial charge in [-0.15, -0.1) is 0 Å². The van der Waals surface area contributed by atoms with Crippen LogP contribution in [0.1, 0.15) is 21.5 Å². The first-order chi connectivity index (χ1) is 11.1. The van der Waals surface area contributed by atoms with E-state index in [9.17, 15) is 4.79 Å². The number of halogens is 1. The van der Waals surface area contributed by atoms with E-state index in [2.05, 4.69) is 45.4 Å². The minimum Gasteiger partial charge on any atom is -0.319 e. The van der Waals surface area contributed by atoms with Crippen LogP contribution in [0.2, 0.25) is 0 Å². The Morgan fingerprint density at radius 2 is 2.04 bits per heavy atom. The van der Waals surface area contributed by atoms with Crippen LogP contribution in [-0.4, -0.2) is 15.7 Å². The van der Waals surface area contributed by atoms with Crippen LogP contribution >= 0.6 is 15.9 Å². The van der Waals surface area contributed by atoms with Gasteiger partial charge >= 0.3 is 0 Å². The van der Waals surface area contributed by atoms with Crippen molar-refractivity contribution in [3.8, 4) is 0 Å². The maximum atomic E-state index is 12.2. The normalized spacial score (nSPS) is 10.5. The molecular formula is C18H16BrN3O. The van der Waals surface area contributed by atoms with Crippen LogP contribution in [0.3, 0.4) is 0 Å². The van der Waals surface area contributed by atoms with E-state index in [1.807, 2.05) is 35.1 Å². The Morgan fingerprint density at radius 3 is 2.83 bits per heavy atom. The van der Waals surface area contributed by atoms with E-state index in [0.717, 1.165) is 4.47 Å². The Labute approximate surface area is 143 Å². The van der Waals surface area contributed by atoms with Crippen molar-refractivity contribution in [3.63, 3.8) is 0 Å². The van der Waals surface area contributed by atoms with E-state index in [4.69, 9.17) is 0 Å². The number of aryl methyl sites for hydroxylation is 1. The van der Waals surface area contributed by atoms with E-state index in [-0.39, 0.29) is 5.91 Å². The Hall–Kier alpha value is -2.40. The fourth-order valence-corrected chi connectivity index (χ4v) is 2.71. The lowest BCUT2D eigenvalue weighted by molar-refractivity contribution is 0.102. The predicted molar refractivity (Wildman–Crippen MR) is 94.6 cm³/mol. The molecule has 0 radical (unpaired) electrons. The number of anilines is 1. The maximum Gasteiger partial charge on any atom is 0.255 e. The van der Waals surface area contributed by atoms with Crippen LogP contribution in [0.15, 0.2) is 65.4 Å². The number of hydrogen-bond donors (Lipinski definition) is 1. The van der Waals surface area contributed by atoms with Crippen molar-refractivity contribution in [1.82, 2.24) is 9.78 Å². The summed E-state index contributed by atoms with van der Waals surface area (Å²) in [4.78, 5) is 12.2. The lowest BCUT2D eigenvalue weighted by atomic mass is 10.1. The van der Waals surface area contributed by atoms with Gasteiger partial charge in [0.25, 0.3) is 5.91 Å². The maximum absolute atomic E-state index is 12.2. The van der Waals surface area contributed by atoms with Gasteiger partial charge in [0, 0.05) is 16.2 Å². The molecule has 1 aromatic heterocycles. The third-order valence-corrected chi connectivity index (χ3v) is 4.06. The minimum atomic E-state index is -0.151. The highest BCUT2D eigenvalue weighted by molar-refractivity contribution is 9.10. The van der Waals surface area contributed by atoms with E-state index in [0.29, 0.717) is 17.8 Å². The van der Waals surface area contributed by atoms with Crippen molar-refractivity contribution >= 4 is 27.5 Å². The molecule has 0 saturated heterocycles. The molecule has 0 bridgehead atoms. The van der Waals surface area contributed by atoms with Crippen LogP contribution in [0, 0.1) is 6.92 Å². The molecule has 0 unspecified atom stereocenters. The molecule has 3 rings (SSSR count). The second kappa shape index (κ2) is 6.79. The molecule has 0 aliphatic carbocycles. The van der Waals surface area contributed by atoms with Gasteiger partial charge in [0.2, 0.25) is 0 Å². The third kappa shape index (κ3) is 3.87. The highest BCUT2D eigenvalue weighted by Gasteiger charge is 2.08. The first kappa shape index (κ1) is 15.5. The summed E-state index contributed by atoms with van der Waals surface area (Å²) >= 11 is 3.37. The topological polar surface area (TPSA) is 46.9 Å². The molecule has 1 amide bonds. The molecule has 1 N–H and O–H groups in total. The van der Waals surface area contributed by atoms with Gasteiger partial charge in [0.05, 0.1) is 18.4 Å². The molecule has 23 heavy (non-hydrogen) atoms. The lowest BCUT2D eigenvalue weighted by Gasteiger charge is -2.05. The summed E-state index contributed by atoms with van der Waals surface area (Å²) in [5, 5.41) is 7.17. The SMILES string of the molecule is Cc1ccccc1Cn1cc(NC(=O)c2cccc(Br)c2)cn1. The Balaban J connectivity index is 1.70. The molecular weight excluding hydrogens is 354 g/mol. The van der Waals surface area contributed by atoms with Crippen molar-refractivity contribution in [2.24, 2.45) is 0 Å². The van der Waals surface area contributed by atoms with Crippen molar-refractivity contribution in [2.45, 2.75) is 13.5 Å². The second-order valence-electron chi connectivity index (χ2n) is 5.32. The van der Waals surface area contributed by atoms with Gasteiger partial charge < -0.3 is 5.32 Å². The Bertz CT molecular complexity index is 842. The Kier molecular flexibility index (Phi) is 4.57. The molecule has 3 aromatic rings. The number of nitrogens with zero attached hydrogens (tertiary/aromatic N) is 2. The first-order valence-electron chi connectivity index (χ1n) is 7.26. The van der Waals surface area contributed by atoms with Gasteiger partial charge in [-0.3, -0.25) is 9.48 Å². The number of benzene rings is 2. The average Bonchev–Trinajstić information content (AvgIpc) is 2.97. The van der Waals surface area contributed by atoms with Crippen LogP contribution < -0.4 is 5.32 Å². The number of carbonyl (C=O) groups excluding carboxylic acids is 1. The molecule has 0 fully saturated rings. The fraction of sp³-hybridized carbons (Fsp3) is 0.111. The van der Waals surface area contributed by atoms with Crippen LogP contribution in [0.25, 0.3) is 0 Å². The molecule has 4 nitrogen and oxygen atoms in total. The highest BCUT2D eigenvalue weighted by Crippen LogP contribution is 2.15. The van der Waals surface area contributed by atoms with Gasteiger partial charge in [-0.25, -0.2) is 0 Å². The average molecular weight is 370 g/mol. The molecule has 0 saturated carbocycles. The highest BCUT2D eigenvalue weighted by atomic mass is 79.9. The standard InChI is InChI=1S/C18H16BrN3O/c1-13-5-2-3-6-15(13)11-22-12-17(10-20-22)21-18(23)14-7-4-8-16(19)9-14/h2-10,12H,11H2,1H3,(H,21,23). The quantitative estimate of drug-likeness (QED) is 0.746. The zero-order chi connectivity index (χ0) is 16.2. The number of rotatable bonds is 4. The smallest absolute Gasteiger partial charge is 0.255 e. The first-order valence-corrected chi connectivity index (χ1v) is 8.05. The number of nitrogens with one attached hydrogen (secondary N) is 1. The summed E-state index contributed by atoms with van der Waals surface area (Å²) in [6, 6.07) is 15.5. The molecule has 0 aliphatic heterocycles. The largest absolute Gasteiger partial charge is 0.319 e. The molecule has 0 atom stereocenters. The summed E-state index contributed by atoms with van der Waals surface area (Å²) in [7, 11) is 0. The summed E-state index contributed by atoms with van der Waals surface area (Å²) < 4.78 is 2.69. The molecule has 1 heterocycles. The molecule has 0 spiro atoms. The molecule has 116 valence electrons. The number of hydrogen-bond acceptors (Lipinski definition) is 2. The van der Waals surface area contributed by atoms with E-state index < -0.39 is 0 Å². The van der Waals surface area contributed by atoms with Gasteiger partial charge in [0.1, 0.15) is 0 Å². The zero-order valence-corrected chi connectivity index (χ0v) is 14.2. The lowest BCUT2D eigenvalue weighted by Crippen LogP contribution is -2.11. The van der Waals surface area contributed by atoms with Crippen molar-refractivity contribution in [2.75, 3.05) is 5.32 Å². The molecule has 0 aliphatic rings. The summed E-state index contributed by atoms with van der Waals surface area (Å²) in [5.41, 5.74) is 3.72. The number of carbonyl (C=O) groups is 1.